The van der Waals surface area contributed by atoms with Gasteiger partial charge in [0.15, 0.2) is 0 Å². The third kappa shape index (κ3) is 5.21. The summed E-state index contributed by atoms with van der Waals surface area (Å²) in [6, 6.07) is 12.6. The van der Waals surface area contributed by atoms with E-state index in [2.05, 4.69) is 4.72 Å². The van der Waals surface area contributed by atoms with E-state index in [1.807, 2.05) is 0 Å². The van der Waals surface area contributed by atoms with Crippen molar-refractivity contribution in [3.05, 3.63) is 64.1 Å². The Labute approximate surface area is 144 Å². The van der Waals surface area contributed by atoms with Crippen LogP contribution in [0.1, 0.15) is 5.56 Å². The lowest BCUT2D eigenvalue weighted by molar-refractivity contribution is -0.143. The fourth-order valence-corrected chi connectivity index (χ4v) is 2.99. The molecule has 2 aromatic carbocycles. The van der Waals surface area contributed by atoms with Crippen molar-refractivity contribution in [2.45, 2.75) is 11.5 Å². The van der Waals surface area contributed by atoms with Gasteiger partial charge in [-0.15, -0.1) is 0 Å². The Kier molecular flexibility index (Phi) is 6.01. The summed E-state index contributed by atoms with van der Waals surface area (Å²) in [5, 5.41) is 0.752. The molecular weight excluding hydrogens is 361 g/mol. The van der Waals surface area contributed by atoms with Gasteiger partial charge in [0.1, 0.15) is 13.2 Å². The standard InChI is InChI=1S/C15H13Cl2NO4S/c16-13-7-6-11(8-14(13)17)10-22-15(19)9-18-23(20,21)12-4-2-1-3-5-12/h1-8,18H,9-10H2. The van der Waals surface area contributed by atoms with E-state index in [0.717, 1.165) is 0 Å². The fraction of sp³-hybridized carbons (Fsp3) is 0.133. The third-order valence-electron chi connectivity index (χ3n) is 2.84. The molecule has 0 radical (unpaired) electrons. The van der Waals surface area contributed by atoms with E-state index in [-0.39, 0.29) is 11.5 Å². The van der Waals surface area contributed by atoms with Crippen LogP contribution in [0.5, 0.6) is 0 Å². The summed E-state index contributed by atoms with van der Waals surface area (Å²) in [4.78, 5) is 11.7. The molecule has 0 atom stereocenters. The maximum atomic E-state index is 11.9. The highest BCUT2D eigenvalue weighted by molar-refractivity contribution is 7.89. The summed E-state index contributed by atoms with van der Waals surface area (Å²) in [6.07, 6.45) is 0. The molecule has 0 unspecified atom stereocenters. The van der Waals surface area contributed by atoms with Gasteiger partial charge in [-0.25, -0.2) is 8.42 Å². The number of esters is 1. The molecule has 0 aliphatic rings. The number of carbonyl (C=O) groups excluding carboxylic acids is 1. The van der Waals surface area contributed by atoms with Crippen LogP contribution >= 0.6 is 23.2 Å². The SMILES string of the molecule is O=C(CNS(=O)(=O)c1ccccc1)OCc1ccc(Cl)c(Cl)c1. The zero-order valence-corrected chi connectivity index (χ0v) is 14.2. The first-order chi connectivity index (χ1) is 10.9. The van der Waals surface area contributed by atoms with Gasteiger partial charge >= 0.3 is 5.97 Å². The number of carbonyl (C=O) groups is 1. The summed E-state index contributed by atoms with van der Waals surface area (Å²) in [5.41, 5.74) is 0.652. The predicted octanol–water partition coefficient (Wildman–Crippen LogP) is 3.02. The lowest BCUT2D eigenvalue weighted by Gasteiger charge is -2.08. The molecule has 0 aliphatic heterocycles. The van der Waals surface area contributed by atoms with E-state index in [0.29, 0.717) is 15.6 Å². The Morgan fingerprint density at radius 2 is 1.74 bits per heavy atom. The summed E-state index contributed by atoms with van der Waals surface area (Å²) < 4.78 is 31.1. The molecule has 1 N–H and O–H groups in total. The number of ether oxygens (including phenoxy) is 1. The molecule has 0 fully saturated rings. The molecule has 0 bridgehead atoms. The summed E-state index contributed by atoms with van der Waals surface area (Å²) in [7, 11) is -3.74. The van der Waals surface area contributed by atoms with Crippen molar-refractivity contribution in [3.8, 4) is 0 Å². The van der Waals surface area contributed by atoms with Crippen molar-refractivity contribution in [3.63, 3.8) is 0 Å². The third-order valence-corrected chi connectivity index (χ3v) is 5.00. The van der Waals surface area contributed by atoms with Crippen molar-refractivity contribution >= 4 is 39.2 Å². The summed E-state index contributed by atoms with van der Waals surface area (Å²) >= 11 is 11.6. The van der Waals surface area contributed by atoms with Crippen molar-refractivity contribution in [2.75, 3.05) is 6.54 Å². The fourth-order valence-electron chi connectivity index (χ4n) is 1.68. The van der Waals surface area contributed by atoms with Crippen LogP contribution in [0.25, 0.3) is 0 Å². The van der Waals surface area contributed by atoms with Crippen LogP contribution < -0.4 is 4.72 Å². The van der Waals surface area contributed by atoms with Crippen LogP contribution in [0.4, 0.5) is 0 Å². The van der Waals surface area contributed by atoms with Crippen LogP contribution in [0.15, 0.2) is 53.4 Å². The number of hydrogen-bond acceptors (Lipinski definition) is 4. The second-order valence-corrected chi connectivity index (χ2v) is 7.13. The molecule has 122 valence electrons. The van der Waals surface area contributed by atoms with Crippen molar-refractivity contribution in [2.24, 2.45) is 0 Å². The second-order valence-electron chi connectivity index (χ2n) is 4.55. The summed E-state index contributed by atoms with van der Waals surface area (Å²) in [5.74, 6) is -0.699. The molecule has 0 aromatic heterocycles. The van der Waals surface area contributed by atoms with Gasteiger partial charge in [-0.3, -0.25) is 4.79 Å². The number of nitrogens with one attached hydrogen (secondary N) is 1. The maximum Gasteiger partial charge on any atom is 0.321 e. The quantitative estimate of drug-likeness (QED) is 0.789. The van der Waals surface area contributed by atoms with E-state index < -0.39 is 22.5 Å². The van der Waals surface area contributed by atoms with Crippen LogP contribution in [0.3, 0.4) is 0 Å². The zero-order valence-electron chi connectivity index (χ0n) is 11.8. The average molecular weight is 374 g/mol. The van der Waals surface area contributed by atoms with E-state index in [9.17, 15) is 13.2 Å². The van der Waals surface area contributed by atoms with Gasteiger partial charge in [-0.1, -0.05) is 47.5 Å². The summed E-state index contributed by atoms with van der Waals surface area (Å²) in [6.45, 7) is -0.485. The molecule has 23 heavy (non-hydrogen) atoms. The predicted molar refractivity (Wildman–Crippen MR) is 87.9 cm³/mol. The van der Waals surface area contributed by atoms with Crippen LogP contribution in [0, 0.1) is 0 Å². The van der Waals surface area contributed by atoms with Gasteiger partial charge in [0, 0.05) is 0 Å². The monoisotopic (exact) mass is 373 g/mol. The molecule has 2 aromatic rings. The molecular formula is C15H13Cl2NO4S. The largest absolute Gasteiger partial charge is 0.460 e. The molecule has 5 nitrogen and oxygen atoms in total. The Bertz CT molecular complexity index is 794. The van der Waals surface area contributed by atoms with Crippen LogP contribution in [-0.2, 0) is 26.2 Å². The van der Waals surface area contributed by atoms with Gasteiger partial charge in [-0.05, 0) is 29.8 Å². The second kappa shape index (κ2) is 7.79. The zero-order chi connectivity index (χ0) is 16.9. The number of sulfonamides is 1. The van der Waals surface area contributed by atoms with Crippen LogP contribution in [-0.4, -0.2) is 20.9 Å². The topological polar surface area (TPSA) is 72.5 Å². The Morgan fingerprint density at radius 3 is 2.39 bits per heavy atom. The van der Waals surface area contributed by atoms with E-state index in [4.69, 9.17) is 27.9 Å². The minimum Gasteiger partial charge on any atom is -0.460 e. The lowest BCUT2D eigenvalue weighted by atomic mass is 10.2. The molecule has 0 spiro atoms. The first kappa shape index (κ1) is 17.7. The van der Waals surface area contributed by atoms with Gasteiger partial charge in [-0.2, -0.15) is 4.72 Å². The highest BCUT2D eigenvalue weighted by Crippen LogP contribution is 2.22. The van der Waals surface area contributed by atoms with Crippen molar-refractivity contribution in [1.82, 2.24) is 4.72 Å². The number of hydrogen-bond donors (Lipinski definition) is 1. The smallest absolute Gasteiger partial charge is 0.321 e. The van der Waals surface area contributed by atoms with Crippen molar-refractivity contribution < 1.29 is 17.9 Å². The highest BCUT2D eigenvalue weighted by atomic mass is 35.5. The Morgan fingerprint density at radius 1 is 1.04 bits per heavy atom. The lowest BCUT2D eigenvalue weighted by Crippen LogP contribution is -2.30. The minimum absolute atomic E-state index is 0.0250. The Hall–Kier alpha value is -1.60. The molecule has 0 amide bonds. The molecule has 0 heterocycles. The molecule has 8 heteroatoms. The highest BCUT2D eigenvalue weighted by Gasteiger charge is 2.15. The number of halogens is 2. The van der Waals surface area contributed by atoms with Gasteiger partial charge in [0.25, 0.3) is 0 Å². The van der Waals surface area contributed by atoms with E-state index in [1.54, 1.807) is 36.4 Å². The normalized spacial score (nSPS) is 11.2. The van der Waals surface area contributed by atoms with E-state index >= 15 is 0 Å². The molecule has 0 aliphatic carbocycles. The number of rotatable bonds is 6. The van der Waals surface area contributed by atoms with Crippen LogP contribution in [0.2, 0.25) is 10.0 Å². The van der Waals surface area contributed by atoms with Crippen molar-refractivity contribution in [1.29, 1.82) is 0 Å². The minimum atomic E-state index is -3.74. The molecule has 0 saturated carbocycles. The first-order valence-electron chi connectivity index (χ1n) is 6.53. The van der Waals surface area contributed by atoms with E-state index in [1.165, 1.54) is 12.1 Å². The van der Waals surface area contributed by atoms with Gasteiger partial charge in [0.05, 0.1) is 14.9 Å². The first-order valence-corrected chi connectivity index (χ1v) is 8.76. The molecule has 2 rings (SSSR count). The van der Waals surface area contributed by atoms with Gasteiger partial charge in [0.2, 0.25) is 10.0 Å². The number of benzene rings is 2. The Balaban J connectivity index is 1.87. The maximum absolute atomic E-state index is 11.9. The molecule has 0 saturated heterocycles. The average Bonchev–Trinajstić information content (AvgIpc) is 2.55. The van der Waals surface area contributed by atoms with Gasteiger partial charge < -0.3 is 4.74 Å².